The van der Waals surface area contributed by atoms with Crippen molar-refractivity contribution in [2.45, 2.75) is 0 Å². The summed E-state index contributed by atoms with van der Waals surface area (Å²) in [6.45, 7) is -0.678. The van der Waals surface area contributed by atoms with Crippen LogP contribution in [-0.4, -0.2) is 23.4 Å². The molecule has 0 fully saturated rings. The summed E-state index contributed by atoms with van der Waals surface area (Å²) in [5.41, 5.74) is -0.446. The fraction of sp³-hybridized carbons (Fsp3) is 0.0667. The molecule has 2 aromatic rings. The number of hydrogen-bond donors (Lipinski definition) is 1. The third-order valence-corrected chi connectivity index (χ3v) is 3.81. The fourth-order valence-electron chi connectivity index (χ4n) is 1.81. The quantitative estimate of drug-likeness (QED) is 0.439. The van der Waals surface area contributed by atoms with Gasteiger partial charge in [-0.25, -0.2) is 9.18 Å². The molecule has 0 spiro atoms. The second kappa shape index (κ2) is 8.04. The van der Waals surface area contributed by atoms with E-state index in [4.69, 9.17) is 16.3 Å². The number of benzene rings is 2. The van der Waals surface area contributed by atoms with Crippen LogP contribution in [0.1, 0.15) is 10.4 Å². The molecule has 2 aromatic carbocycles. The molecule has 25 heavy (non-hydrogen) atoms. The van der Waals surface area contributed by atoms with E-state index in [1.165, 1.54) is 18.2 Å². The second-order valence-corrected chi connectivity index (χ2v) is 5.96. The van der Waals surface area contributed by atoms with Gasteiger partial charge in [0.25, 0.3) is 11.6 Å². The molecule has 2 rings (SSSR count). The van der Waals surface area contributed by atoms with Crippen LogP contribution in [0.2, 0.25) is 5.02 Å². The maximum absolute atomic E-state index is 13.0. The summed E-state index contributed by atoms with van der Waals surface area (Å²) in [6.07, 6.45) is 0. The second-order valence-electron chi connectivity index (χ2n) is 4.67. The van der Waals surface area contributed by atoms with E-state index in [9.17, 15) is 24.1 Å². The van der Waals surface area contributed by atoms with Crippen LogP contribution in [-0.2, 0) is 9.53 Å². The van der Waals surface area contributed by atoms with Gasteiger partial charge in [-0.1, -0.05) is 11.6 Å². The predicted octanol–water partition coefficient (Wildman–Crippen LogP) is 3.95. The number of esters is 1. The Kier molecular flexibility index (Phi) is 6.05. The van der Waals surface area contributed by atoms with Gasteiger partial charge in [0, 0.05) is 15.6 Å². The largest absolute Gasteiger partial charge is 0.452 e. The maximum Gasteiger partial charge on any atom is 0.339 e. The standard InChI is InChI=1S/C15H9BrClFN2O5/c16-11-6-9(18)2-3-10(11)15(22)25-7-14(21)19-12-4-1-8(17)5-13(12)20(23)24/h1-6H,7H2,(H,19,21). The van der Waals surface area contributed by atoms with E-state index < -0.39 is 34.9 Å². The number of carbonyl (C=O) groups is 2. The van der Waals surface area contributed by atoms with Crippen molar-refractivity contribution in [3.05, 3.63) is 67.4 Å². The van der Waals surface area contributed by atoms with E-state index in [1.807, 2.05) is 0 Å². The number of nitrogens with zero attached hydrogens (tertiary/aromatic N) is 1. The monoisotopic (exact) mass is 430 g/mol. The number of anilines is 1. The molecular formula is C15H9BrClFN2O5. The van der Waals surface area contributed by atoms with Gasteiger partial charge in [-0.05, 0) is 46.3 Å². The topological polar surface area (TPSA) is 98.5 Å². The smallest absolute Gasteiger partial charge is 0.339 e. The van der Waals surface area contributed by atoms with Crippen LogP contribution in [0.4, 0.5) is 15.8 Å². The molecule has 0 heterocycles. The van der Waals surface area contributed by atoms with E-state index in [1.54, 1.807) is 0 Å². The van der Waals surface area contributed by atoms with Gasteiger partial charge in [0.15, 0.2) is 6.61 Å². The minimum Gasteiger partial charge on any atom is -0.452 e. The van der Waals surface area contributed by atoms with E-state index in [2.05, 4.69) is 21.2 Å². The highest BCUT2D eigenvalue weighted by Crippen LogP contribution is 2.27. The first-order valence-corrected chi connectivity index (χ1v) is 7.81. The number of amides is 1. The summed E-state index contributed by atoms with van der Waals surface area (Å²) in [4.78, 5) is 33.9. The highest BCUT2D eigenvalue weighted by molar-refractivity contribution is 9.10. The van der Waals surface area contributed by atoms with Crippen LogP contribution < -0.4 is 5.32 Å². The lowest BCUT2D eigenvalue weighted by Crippen LogP contribution is -2.21. The molecule has 0 bridgehead atoms. The Hall–Kier alpha value is -2.52. The number of halogens is 3. The molecule has 10 heteroatoms. The van der Waals surface area contributed by atoms with Crippen molar-refractivity contribution in [2.75, 3.05) is 11.9 Å². The highest BCUT2D eigenvalue weighted by Gasteiger charge is 2.18. The minimum atomic E-state index is -0.854. The van der Waals surface area contributed by atoms with E-state index >= 15 is 0 Å². The van der Waals surface area contributed by atoms with Gasteiger partial charge in [-0.15, -0.1) is 0 Å². The summed E-state index contributed by atoms with van der Waals surface area (Å²) >= 11 is 8.69. The van der Waals surface area contributed by atoms with Gasteiger partial charge in [-0.3, -0.25) is 14.9 Å². The number of nitro groups is 1. The maximum atomic E-state index is 13.0. The fourth-order valence-corrected chi connectivity index (χ4v) is 2.49. The SMILES string of the molecule is O=C(COC(=O)c1ccc(F)cc1Br)Nc1ccc(Cl)cc1[N+](=O)[O-]. The van der Waals surface area contributed by atoms with Crippen LogP contribution in [0.5, 0.6) is 0 Å². The Morgan fingerprint density at radius 3 is 2.64 bits per heavy atom. The lowest BCUT2D eigenvalue weighted by molar-refractivity contribution is -0.383. The summed E-state index contributed by atoms with van der Waals surface area (Å²) in [7, 11) is 0. The molecule has 0 unspecified atom stereocenters. The van der Waals surface area contributed by atoms with Crippen molar-refractivity contribution in [3.63, 3.8) is 0 Å². The van der Waals surface area contributed by atoms with Crippen molar-refractivity contribution in [1.29, 1.82) is 0 Å². The Labute approximate surface area is 154 Å². The number of nitro benzene ring substituents is 1. The van der Waals surface area contributed by atoms with Gasteiger partial charge in [0.2, 0.25) is 0 Å². The summed E-state index contributed by atoms with van der Waals surface area (Å²) in [5, 5.41) is 13.3. The van der Waals surface area contributed by atoms with Crippen LogP contribution in [0.15, 0.2) is 40.9 Å². The van der Waals surface area contributed by atoms with Crippen molar-refractivity contribution in [1.82, 2.24) is 0 Å². The van der Waals surface area contributed by atoms with Crippen molar-refractivity contribution in [3.8, 4) is 0 Å². The van der Waals surface area contributed by atoms with Crippen LogP contribution in [0.3, 0.4) is 0 Å². The van der Waals surface area contributed by atoms with E-state index in [-0.39, 0.29) is 20.7 Å². The molecule has 0 aliphatic carbocycles. The van der Waals surface area contributed by atoms with Gasteiger partial charge in [-0.2, -0.15) is 0 Å². The molecule has 0 radical (unpaired) electrons. The van der Waals surface area contributed by atoms with Gasteiger partial charge < -0.3 is 10.1 Å². The normalized spacial score (nSPS) is 10.2. The molecular weight excluding hydrogens is 423 g/mol. The first kappa shape index (κ1) is 18.8. The van der Waals surface area contributed by atoms with Crippen LogP contribution in [0, 0.1) is 15.9 Å². The minimum absolute atomic E-state index is 0.0340. The molecule has 0 atom stereocenters. The summed E-state index contributed by atoms with van der Waals surface area (Å²) < 4.78 is 18.0. The number of hydrogen-bond acceptors (Lipinski definition) is 5. The Morgan fingerprint density at radius 1 is 1.28 bits per heavy atom. The summed E-state index contributed by atoms with van der Waals surface area (Å²) in [5.74, 6) is -2.18. The number of ether oxygens (including phenoxy) is 1. The molecule has 0 saturated carbocycles. The third-order valence-electron chi connectivity index (χ3n) is 2.92. The molecule has 0 aliphatic heterocycles. The summed E-state index contributed by atoms with van der Waals surface area (Å²) in [6, 6.07) is 7.05. The first-order chi connectivity index (χ1) is 11.8. The van der Waals surface area contributed by atoms with Crippen LogP contribution >= 0.6 is 27.5 Å². The van der Waals surface area contributed by atoms with Gasteiger partial charge in [0.05, 0.1) is 10.5 Å². The average molecular weight is 432 g/mol. The van der Waals surface area contributed by atoms with E-state index in [0.717, 1.165) is 18.2 Å². The lowest BCUT2D eigenvalue weighted by atomic mass is 10.2. The third kappa shape index (κ3) is 4.97. The molecule has 7 nitrogen and oxygen atoms in total. The zero-order valence-electron chi connectivity index (χ0n) is 12.3. The average Bonchev–Trinajstić information content (AvgIpc) is 2.54. The highest BCUT2D eigenvalue weighted by atomic mass is 79.9. The van der Waals surface area contributed by atoms with Gasteiger partial charge in [0.1, 0.15) is 11.5 Å². The zero-order valence-corrected chi connectivity index (χ0v) is 14.6. The molecule has 0 saturated heterocycles. The van der Waals surface area contributed by atoms with Crippen molar-refractivity contribution in [2.24, 2.45) is 0 Å². The number of carbonyl (C=O) groups excluding carboxylic acids is 2. The Morgan fingerprint density at radius 2 is 2.00 bits per heavy atom. The molecule has 0 aromatic heterocycles. The zero-order chi connectivity index (χ0) is 18.6. The Balaban J connectivity index is 2.01. The van der Waals surface area contributed by atoms with Crippen molar-refractivity contribution >= 4 is 50.8 Å². The molecule has 1 amide bonds. The molecule has 1 N–H and O–H groups in total. The Bertz CT molecular complexity index is 862. The predicted molar refractivity (Wildman–Crippen MR) is 91.1 cm³/mol. The van der Waals surface area contributed by atoms with Crippen LogP contribution in [0.25, 0.3) is 0 Å². The number of rotatable bonds is 5. The lowest BCUT2D eigenvalue weighted by Gasteiger charge is -2.08. The molecule has 130 valence electrons. The molecule has 0 aliphatic rings. The number of nitrogens with one attached hydrogen (secondary N) is 1. The van der Waals surface area contributed by atoms with Gasteiger partial charge >= 0.3 is 5.97 Å². The first-order valence-electron chi connectivity index (χ1n) is 6.64. The van der Waals surface area contributed by atoms with E-state index in [0.29, 0.717) is 0 Å². The van der Waals surface area contributed by atoms with Crippen molar-refractivity contribution < 1.29 is 23.6 Å².